The number of primary amides is 1. The van der Waals surface area contributed by atoms with Crippen LogP contribution in [0.4, 0.5) is 13.2 Å². The Hall–Kier alpha value is -1.68. The zero-order valence-corrected chi connectivity index (χ0v) is 11.5. The first kappa shape index (κ1) is 15.7. The van der Waals surface area contributed by atoms with Gasteiger partial charge in [-0.3, -0.25) is 9.69 Å². The van der Waals surface area contributed by atoms with Gasteiger partial charge in [0.2, 0.25) is 11.7 Å². The number of fused-ring (bicyclic) bond motifs is 1. The number of nitrogens with zero attached hydrogens (tertiary/aromatic N) is 4. The van der Waals surface area contributed by atoms with Crippen molar-refractivity contribution >= 4 is 5.91 Å². The molecule has 1 unspecified atom stereocenters. The maximum absolute atomic E-state index is 12.7. The fourth-order valence-corrected chi connectivity index (χ4v) is 2.12. The summed E-state index contributed by atoms with van der Waals surface area (Å²) in [6, 6.07) is 0. The molecule has 2 rings (SSSR count). The summed E-state index contributed by atoms with van der Waals surface area (Å²) in [6.07, 6.45) is -4.18. The van der Waals surface area contributed by atoms with Crippen LogP contribution in [-0.4, -0.2) is 44.2 Å². The average molecular weight is 306 g/mol. The minimum Gasteiger partial charge on any atom is -0.368 e. The molecule has 0 spiro atoms. The van der Waals surface area contributed by atoms with Crippen molar-refractivity contribution in [2.45, 2.75) is 38.1 Å². The predicted molar refractivity (Wildman–Crippen MR) is 66.7 cm³/mol. The second-order valence-electron chi connectivity index (χ2n) is 5.40. The molecule has 1 aliphatic heterocycles. The molecule has 0 fully saturated rings. The summed E-state index contributed by atoms with van der Waals surface area (Å²) in [6.45, 7) is 2.77. The Morgan fingerprint density at radius 1 is 1.33 bits per heavy atom. The number of carbonyl (C=O) groups is 1. The van der Waals surface area contributed by atoms with Crippen LogP contribution in [0.2, 0.25) is 0 Å². The summed E-state index contributed by atoms with van der Waals surface area (Å²) in [5.41, 5.74) is 9.79. The van der Waals surface area contributed by atoms with Gasteiger partial charge in [0.1, 0.15) is 5.82 Å². The number of hydrogen-bond donors (Lipinski definition) is 2. The van der Waals surface area contributed by atoms with E-state index in [0.717, 1.165) is 4.57 Å². The highest BCUT2D eigenvalue weighted by Gasteiger charge is 2.39. The Balaban J connectivity index is 2.01. The molecule has 1 aliphatic rings. The highest BCUT2D eigenvalue weighted by molar-refractivity contribution is 5.83. The van der Waals surface area contributed by atoms with Crippen molar-refractivity contribution in [3.05, 3.63) is 11.6 Å². The average Bonchev–Trinajstić information content (AvgIpc) is 2.79. The van der Waals surface area contributed by atoms with Crippen LogP contribution in [0.1, 0.15) is 25.0 Å². The van der Waals surface area contributed by atoms with Gasteiger partial charge >= 0.3 is 6.18 Å². The first-order chi connectivity index (χ1) is 9.61. The Kier molecular flexibility index (Phi) is 3.93. The molecule has 2 heterocycles. The van der Waals surface area contributed by atoms with Gasteiger partial charge in [-0.25, -0.2) is 0 Å². The lowest BCUT2D eigenvalue weighted by Gasteiger charge is -2.30. The van der Waals surface area contributed by atoms with Crippen molar-refractivity contribution < 1.29 is 18.0 Å². The van der Waals surface area contributed by atoms with Crippen molar-refractivity contribution in [3.8, 4) is 0 Å². The fraction of sp³-hybridized carbons (Fsp3) is 0.727. The van der Waals surface area contributed by atoms with Crippen LogP contribution < -0.4 is 11.5 Å². The molecular formula is C11H17F3N6O. The third kappa shape index (κ3) is 3.32. The van der Waals surface area contributed by atoms with Gasteiger partial charge in [0.15, 0.2) is 0 Å². The van der Waals surface area contributed by atoms with E-state index in [2.05, 4.69) is 10.2 Å². The number of amides is 1. The molecule has 7 nitrogen and oxygen atoms in total. The molecule has 0 saturated heterocycles. The lowest BCUT2D eigenvalue weighted by atomic mass is 9.98. The smallest absolute Gasteiger partial charge is 0.368 e. The quantitative estimate of drug-likeness (QED) is 0.795. The number of aromatic nitrogens is 3. The van der Waals surface area contributed by atoms with E-state index in [4.69, 9.17) is 11.5 Å². The first-order valence-corrected chi connectivity index (χ1v) is 6.41. The SMILES string of the molecule is CC(N)(CCN1CCn2c(nnc2C(F)(F)F)C1)C(N)=O. The summed E-state index contributed by atoms with van der Waals surface area (Å²) in [4.78, 5) is 13.0. The zero-order valence-electron chi connectivity index (χ0n) is 11.5. The first-order valence-electron chi connectivity index (χ1n) is 6.41. The molecule has 0 saturated carbocycles. The largest absolute Gasteiger partial charge is 0.451 e. The van der Waals surface area contributed by atoms with E-state index >= 15 is 0 Å². The third-order valence-corrected chi connectivity index (χ3v) is 3.60. The van der Waals surface area contributed by atoms with Gasteiger partial charge in [-0.05, 0) is 13.3 Å². The standard InChI is InChI=1S/C11H17F3N6O/c1-10(16,8(15)21)2-3-19-4-5-20-7(6-19)17-18-9(20)11(12,13)14/h2-6,16H2,1H3,(H2,15,21). The van der Waals surface area contributed by atoms with E-state index in [-0.39, 0.29) is 18.9 Å². The van der Waals surface area contributed by atoms with Gasteiger partial charge in [-0.15, -0.1) is 10.2 Å². The van der Waals surface area contributed by atoms with Gasteiger partial charge in [0.25, 0.3) is 0 Å². The fourth-order valence-electron chi connectivity index (χ4n) is 2.12. The van der Waals surface area contributed by atoms with Gasteiger partial charge in [0.05, 0.1) is 12.1 Å². The van der Waals surface area contributed by atoms with Gasteiger partial charge < -0.3 is 16.0 Å². The molecule has 0 bridgehead atoms. The molecule has 21 heavy (non-hydrogen) atoms. The number of nitrogens with two attached hydrogens (primary N) is 2. The van der Waals surface area contributed by atoms with E-state index in [1.807, 2.05) is 4.90 Å². The number of halogens is 3. The third-order valence-electron chi connectivity index (χ3n) is 3.60. The summed E-state index contributed by atoms with van der Waals surface area (Å²) >= 11 is 0. The highest BCUT2D eigenvalue weighted by atomic mass is 19.4. The van der Waals surface area contributed by atoms with E-state index in [1.165, 1.54) is 6.92 Å². The minimum atomic E-state index is -4.50. The van der Waals surface area contributed by atoms with Gasteiger partial charge in [-0.1, -0.05) is 0 Å². The Morgan fingerprint density at radius 3 is 2.57 bits per heavy atom. The maximum Gasteiger partial charge on any atom is 0.451 e. The molecule has 118 valence electrons. The van der Waals surface area contributed by atoms with Crippen LogP contribution >= 0.6 is 0 Å². The molecule has 1 amide bonds. The van der Waals surface area contributed by atoms with Crippen LogP contribution in [0.5, 0.6) is 0 Å². The van der Waals surface area contributed by atoms with Crippen LogP contribution in [0, 0.1) is 0 Å². The van der Waals surface area contributed by atoms with Crippen molar-refractivity contribution in [2.24, 2.45) is 11.5 Å². The molecule has 0 aromatic carbocycles. The summed E-state index contributed by atoms with van der Waals surface area (Å²) in [7, 11) is 0. The highest BCUT2D eigenvalue weighted by Crippen LogP contribution is 2.29. The number of hydrogen-bond acceptors (Lipinski definition) is 5. The molecule has 0 aliphatic carbocycles. The van der Waals surface area contributed by atoms with Crippen LogP contribution in [0.3, 0.4) is 0 Å². The maximum atomic E-state index is 12.7. The Bertz CT molecular complexity index is 539. The van der Waals surface area contributed by atoms with Crippen LogP contribution in [0.25, 0.3) is 0 Å². The predicted octanol–water partition coefficient (Wildman–Crippen LogP) is -0.295. The van der Waals surface area contributed by atoms with E-state index in [9.17, 15) is 18.0 Å². The summed E-state index contributed by atoms with van der Waals surface area (Å²) in [5, 5.41) is 6.78. The monoisotopic (exact) mass is 306 g/mol. The second kappa shape index (κ2) is 5.26. The van der Waals surface area contributed by atoms with Crippen molar-refractivity contribution in [3.63, 3.8) is 0 Å². The minimum absolute atomic E-state index is 0.148. The lowest BCUT2D eigenvalue weighted by Crippen LogP contribution is -2.51. The molecule has 1 atom stereocenters. The lowest BCUT2D eigenvalue weighted by molar-refractivity contribution is -0.148. The van der Waals surface area contributed by atoms with E-state index in [0.29, 0.717) is 19.5 Å². The second-order valence-corrected chi connectivity index (χ2v) is 5.40. The molecular weight excluding hydrogens is 289 g/mol. The van der Waals surface area contributed by atoms with Crippen LogP contribution in [-0.2, 0) is 24.1 Å². The summed E-state index contributed by atoms with van der Waals surface area (Å²) in [5.74, 6) is -1.33. The molecule has 0 radical (unpaired) electrons. The zero-order chi connectivity index (χ0) is 15.8. The van der Waals surface area contributed by atoms with Crippen molar-refractivity contribution in [1.82, 2.24) is 19.7 Å². The van der Waals surface area contributed by atoms with Crippen LogP contribution in [0.15, 0.2) is 0 Å². The van der Waals surface area contributed by atoms with E-state index in [1.54, 1.807) is 0 Å². The normalized spacial score (nSPS) is 19.1. The molecule has 4 N–H and O–H groups in total. The van der Waals surface area contributed by atoms with E-state index < -0.39 is 23.4 Å². The molecule has 1 aromatic heterocycles. The Morgan fingerprint density at radius 2 is 2.00 bits per heavy atom. The van der Waals surface area contributed by atoms with Crippen molar-refractivity contribution in [1.29, 1.82) is 0 Å². The van der Waals surface area contributed by atoms with Gasteiger partial charge in [0, 0.05) is 19.6 Å². The topological polar surface area (TPSA) is 103 Å². The number of alkyl halides is 3. The van der Waals surface area contributed by atoms with Crippen molar-refractivity contribution in [2.75, 3.05) is 13.1 Å². The molecule has 10 heteroatoms. The molecule has 1 aromatic rings. The van der Waals surface area contributed by atoms with Gasteiger partial charge in [-0.2, -0.15) is 13.2 Å². The summed E-state index contributed by atoms with van der Waals surface area (Å²) < 4.78 is 39.2. The Labute approximate surface area is 119 Å². The number of carbonyl (C=O) groups excluding carboxylic acids is 1. The number of rotatable bonds is 4.